The van der Waals surface area contributed by atoms with E-state index < -0.39 is 0 Å². The SMILES string of the molecule is COc1ccc(CNC(C2CC2)C2CC2)cc1Cl. The van der Waals surface area contributed by atoms with Crippen molar-refractivity contribution < 1.29 is 4.74 Å². The molecule has 2 nitrogen and oxygen atoms in total. The molecule has 3 rings (SSSR count). The Morgan fingerprint density at radius 1 is 1.28 bits per heavy atom. The Bertz CT molecular complexity index is 415. The van der Waals surface area contributed by atoms with Gasteiger partial charge >= 0.3 is 0 Å². The molecule has 1 N–H and O–H groups in total. The molecule has 0 saturated heterocycles. The Morgan fingerprint density at radius 2 is 1.94 bits per heavy atom. The van der Waals surface area contributed by atoms with Crippen molar-refractivity contribution in [3.8, 4) is 5.75 Å². The van der Waals surface area contributed by atoms with Crippen LogP contribution >= 0.6 is 11.6 Å². The number of halogens is 1. The van der Waals surface area contributed by atoms with Gasteiger partial charge in [0.2, 0.25) is 0 Å². The van der Waals surface area contributed by atoms with Crippen molar-refractivity contribution in [3.63, 3.8) is 0 Å². The Morgan fingerprint density at radius 3 is 2.44 bits per heavy atom. The van der Waals surface area contributed by atoms with E-state index in [-0.39, 0.29) is 0 Å². The summed E-state index contributed by atoms with van der Waals surface area (Å²) in [6, 6.07) is 6.78. The molecule has 0 atom stereocenters. The standard InChI is InChI=1S/C15H20ClNO/c1-18-14-7-2-10(8-13(14)16)9-17-15(11-3-4-11)12-5-6-12/h2,7-8,11-12,15,17H,3-6,9H2,1H3. The van der Waals surface area contributed by atoms with E-state index in [0.717, 1.165) is 30.2 Å². The lowest BCUT2D eigenvalue weighted by atomic mass is 10.1. The quantitative estimate of drug-likeness (QED) is 0.848. The molecule has 0 bridgehead atoms. The highest BCUT2D eigenvalue weighted by atomic mass is 35.5. The van der Waals surface area contributed by atoms with Gasteiger partial charge < -0.3 is 10.1 Å². The van der Waals surface area contributed by atoms with Crippen molar-refractivity contribution in [1.29, 1.82) is 0 Å². The van der Waals surface area contributed by atoms with Gasteiger partial charge in [0.05, 0.1) is 12.1 Å². The van der Waals surface area contributed by atoms with E-state index in [0.29, 0.717) is 5.02 Å². The van der Waals surface area contributed by atoms with Gasteiger partial charge in [0, 0.05) is 12.6 Å². The fraction of sp³-hybridized carbons (Fsp3) is 0.600. The second-order valence-corrected chi connectivity index (χ2v) is 5.96. The van der Waals surface area contributed by atoms with Gasteiger partial charge in [-0.3, -0.25) is 0 Å². The first-order valence-corrected chi connectivity index (χ1v) is 7.21. The van der Waals surface area contributed by atoms with Gasteiger partial charge in [0.1, 0.15) is 5.75 Å². The predicted octanol–water partition coefficient (Wildman–Crippen LogP) is 3.63. The summed E-state index contributed by atoms with van der Waals surface area (Å²) in [6.45, 7) is 0.918. The van der Waals surface area contributed by atoms with Crippen LogP contribution in [0.2, 0.25) is 5.02 Å². The van der Waals surface area contributed by atoms with Crippen molar-refractivity contribution in [3.05, 3.63) is 28.8 Å². The summed E-state index contributed by atoms with van der Waals surface area (Å²) in [4.78, 5) is 0. The molecule has 1 aromatic rings. The maximum absolute atomic E-state index is 6.14. The topological polar surface area (TPSA) is 21.3 Å². The summed E-state index contributed by atoms with van der Waals surface area (Å²) in [6.07, 6.45) is 5.66. The number of hydrogen-bond acceptors (Lipinski definition) is 2. The second kappa shape index (κ2) is 5.10. The fourth-order valence-electron chi connectivity index (χ4n) is 2.68. The van der Waals surface area contributed by atoms with Gasteiger partial charge in [-0.15, -0.1) is 0 Å². The van der Waals surface area contributed by atoms with Crippen LogP contribution in [0.15, 0.2) is 18.2 Å². The zero-order chi connectivity index (χ0) is 12.5. The van der Waals surface area contributed by atoms with Crippen molar-refractivity contribution in [2.75, 3.05) is 7.11 Å². The molecule has 0 radical (unpaired) electrons. The first-order valence-electron chi connectivity index (χ1n) is 6.83. The Kier molecular flexibility index (Phi) is 3.49. The summed E-state index contributed by atoms with van der Waals surface area (Å²) >= 11 is 6.14. The third-order valence-electron chi connectivity index (χ3n) is 4.02. The van der Waals surface area contributed by atoms with Gasteiger partial charge in [-0.25, -0.2) is 0 Å². The number of methoxy groups -OCH3 is 1. The van der Waals surface area contributed by atoms with E-state index in [1.54, 1.807) is 7.11 Å². The van der Waals surface area contributed by atoms with Gasteiger partial charge in [-0.05, 0) is 55.2 Å². The van der Waals surface area contributed by atoms with E-state index in [1.807, 2.05) is 12.1 Å². The monoisotopic (exact) mass is 265 g/mol. The van der Waals surface area contributed by atoms with E-state index in [1.165, 1.54) is 31.2 Å². The molecule has 0 unspecified atom stereocenters. The van der Waals surface area contributed by atoms with E-state index in [4.69, 9.17) is 16.3 Å². The summed E-state index contributed by atoms with van der Waals surface area (Å²) in [5.74, 6) is 2.62. The maximum Gasteiger partial charge on any atom is 0.137 e. The van der Waals surface area contributed by atoms with Crippen LogP contribution in [-0.4, -0.2) is 13.2 Å². The number of nitrogens with one attached hydrogen (secondary N) is 1. The van der Waals surface area contributed by atoms with Gasteiger partial charge in [0.15, 0.2) is 0 Å². The minimum atomic E-state index is 0.700. The van der Waals surface area contributed by atoms with Crippen LogP contribution in [0.3, 0.4) is 0 Å². The van der Waals surface area contributed by atoms with Crippen molar-refractivity contribution in [2.24, 2.45) is 11.8 Å². The van der Waals surface area contributed by atoms with Crippen molar-refractivity contribution in [2.45, 2.75) is 38.3 Å². The van der Waals surface area contributed by atoms with Crippen LogP contribution in [0.25, 0.3) is 0 Å². The fourth-order valence-corrected chi connectivity index (χ4v) is 2.96. The minimum absolute atomic E-state index is 0.700. The summed E-state index contributed by atoms with van der Waals surface area (Å²) in [5, 5.41) is 4.43. The molecule has 18 heavy (non-hydrogen) atoms. The van der Waals surface area contributed by atoms with Crippen LogP contribution in [0.1, 0.15) is 31.2 Å². The molecule has 0 spiro atoms. The predicted molar refractivity (Wildman–Crippen MR) is 74.1 cm³/mol. The van der Waals surface area contributed by atoms with Crippen LogP contribution in [-0.2, 0) is 6.54 Å². The molecular formula is C15H20ClNO. The molecule has 1 aromatic carbocycles. The van der Waals surface area contributed by atoms with Crippen LogP contribution in [0.4, 0.5) is 0 Å². The Hall–Kier alpha value is -0.730. The molecule has 2 aliphatic rings. The normalized spacial score (nSPS) is 19.3. The number of ether oxygens (including phenoxy) is 1. The third kappa shape index (κ3) is 2.81. The lowest BCUT2D eigenvalue weighted by Gasteiger charge is -2.18. The van der Waals surface area contributed by atoms with Crippen molar-refractivity contribution >= 4 is 11.6 Å². The van der Waals surface area contributed by atoms with Gasteiger partial charge in [-0.2, -0.15) is 0 Å². The van der Waals surface area contributed by atoms with Gasteiger partial charge in [0.25, 0.3) is 0 Å². The molecule has 2 saturated carbocycles. The molecular weight excluding hydrogens is 246 g/mol. The van der Waals surface area contributed by atoms with Gasteiger partial charge in [-0.1, -0.05) is 17.7 Å². The van der Waals surface area contributed by atoms with Crippen LogP contribution in [0.5, 0.6) is 5.75 Å². The highest BCUT2D eigenvalue weighted by Gasteiger charge is 2.40. The first-order chi connectivity index (χ1) is 8.78. The minimum Gasteiger partial charge on any atom is -0.495 e. The number of benzene rings is 1. The molecule has 2 aliphatic carbocycles. The molecule has 2 fully saturated rings. The number of rotatable bonds is 6. The summed E-state index contributed by atoms with van der Waals surface area (Å²) < 4.78 is 5.17. The largest absolute Gasteiger partial charge is 0.495 e. The lowest BCUT2D eigenvalue weighted by molar-refractivity contribution is 0.411. The summed E-state index contributed by atoms with van der Waals surface area (Å²) in [7, 11) is 1.65. The maximum atomic E-state index is 6.14. The number of hydrogen-bond donors (Lipinski definition) is 1. The Labute approximate surface area is 114 Å². The van der Waals surface area contributed by atoms with Crippen molar-refractivity contribution in [1.82, 2.24) is 5.32 Å². The second-order valence-electron chi connectivity index (χ2n) is 5.55. The average molecular weight is 266 g/mol. The molecule has 0 heterocycles. The zero-order valence-electron chi connectivity index (χ0n) is 10.8. The first kappa shape index (κ1) is 12.3. The van der Waals surface area contributed by atoms with Crippen LogP contribution in [0, 0.1) is 11.8 Å². The molecule has 0 aromatic heterocycles. The molecule has 0 amide bonds. The third-order valence-corrected chi connectivity index (χ3v) is 4.31. The summed E-state index contributed by atoms with van der Waals surface area (Å²) in [5.41, 5.74) is 1.24. The van der Waals surface area contributed by atoms with Crippen LogP contribution < -0.4 is 10.1 Å². The average Bonchev–Trinajstić information content (AvgIpc) is 3.24. The zero-order valence-corrected chi connectivity index (χ0v) is 11.5. The highest BCUT2D eigenvalue weighted by molar-refractivity contribution is 6.32. The molecule has 0 aliphatic heterocycles. The van der Waals surface area contributed by atoms with E-state index in [9.17, 15) is 0 Å². The molecule has 3 heteroatoms. The molecule has 98 valence electrons. The lowest BCUT2D eigenvalue weighted by Crippen LogP contribution is -2.32. The van der Waals surface area contributed by atoms with E-state index in [2.05, 4.69) is 11.4 Å². The Balaban J connectivity index is 1.60. The van der Waals surface area contributed by atoms with E-state index >= 15 is 0 Å². The highest BCUT2D eigenvalue weighted by Crippen LogP contribution is 2.44. The smallest absolute Gasteiger partial charge is 0.137 e.